The normalized spacial score (nSPS) is 12.5. The molecule has 1 unspecified atom stereocenters. The number of aromatic amines is 1. The van der Waals surface area contributed by atoms with Crippen molar-refractivity contribution in [2.75, 3.05) is 0 Å². The number of carboxylic acid groups (broad SMARTS) is 1. The molecule has 19 heavy (non-hydrogen) atoms. The molecule has 2 aromatic rings. The molecule has 0 fully saturated rings. The quantitative estimate of drug-likeness (QED) is 0.815. The Morgan fingerprint density at radius 1 is 1.37 bits per heavy atom. The molecule has 0 saturated carbocycles. The van der Waals surface area contributed by atoms with Crippen LogP contribution < -0.4 is 0 Å². The first-order valence-corrected chi connectivity index (χ1v) is 5.99. The lowest BCUT2D eigenvalue weighted by atomic mass is 9.97. The van der Waals surface area contributed by atoms with Crippen LogP contribution in [0.1, 0.15) is 30.1 Å². The first-order valence-electron chi connectivity index (χ1n) is 5.99. The van der Waals surface area contributed by atoms with E-state index in [9.17, 15) is 14.0 Å². The number of H-pyrrole nitrogens is 1. The van der Waals surface area contributed by atoms with Crippen LogP contribution in [0.5, 0.6) is 0 Å². The second kappa shape index (κ2) is 5.22. The van der Waals surface area contributed by atoms with Gasteiger partial charge in [-0.15, -0.1) is 0 Å². The molecule has 0 saturated heterocycles. The Balaban J connectivity index is 2.22. The fourth-order valence-electron chi connectivity index (χ4n) is 2.12. The standard InChI is InChI=1S/C14H14FNO3/c1-8(5-14(18)19)4-13(17)11-7-16-12-3-2-9(15)6-10(11)12/h2-3,6-8,16H,4-5H2,1H3,(H,18,19). The third-order valence-corrected chi connectivity index (χ3v) is 3.00. The number of aromatic nitrogens is 1. The van der Waals surface area contributed by atoms with E-state index in [1.54, 1.807) is 19.2 Å². The summed E-state index contributed by atoms with van der Waals surface area (Å²) in [6, 6.07) is 4.20. The monoisotopic (exact) mass is 263 g/mol. The molecule has 100 valence electrons. The van der Waals surface area contributed by atoms with Gasteiger partial charge in [-0.2, -0.15) is 0 Å². The van der Waals surface area contributed by atoms with E-state index >= 15 is 0 Å². The molecule has 1 atom stereocenters. The van der Waals surface area contributed by atoms with Crippen LogP contribution in [-0.2, 0) is 4.79 Å². The van der Waals surface area contributed by atoms with Crippen LogP contribution in [0.3, 0.4) is 0 Å². The maximum absolute atomic E-state index is 13.2. The summed E-state index contributed by atoms with van der Waals surface area (Å²) in [7, 11) is 0. The van der Waals surface area contributed by atoms with Gasteiger partial charge in [-0.25, -0.2) is 4.39 Å². The van der Waals surface area contributed by atoms with Crippen molar-refractivity contribution in [2.45, 2.75) is 19.8 Å². The molecule has 2 rings (SSSR count). The van der Waals surface area contributed by atoms with Gasteiger partial charge in [0, 0.05) is 35.5 Å². The average molecular weight is 263 g/mol. The minimum atomic E-state index is -0.926. The topological polar surface area (TPSA) is 70.2 Å². The Kier molecular flexibility index (Phi) is 3.64. The predicted octanol–water partition coefficient (Wildman–Crippen LogP) is 2.99. The number of ketones is 1. The van der Waals surface area contributed by atoms with Gasteiger partial charge in [-0.05, 0) is 24.1 Å². The minimum absolute atomic E-state index is 0.0531. The average Bonchev–Trinajstić information content (AvgIpc) is 2.70. The van der Waals surface area contributed by atoms with Gasteiger partial charge in [0.05, 0.1) is 0 Å². The smallest absolute Gasteiger partial charge is 0.303 e. The van der Waals surface area contributed by atoms with Crippen LogP contribution in [-0.4, -0.2) is 21.8 Å². The number of hydrogen-bond donors (Lipinski definition) is 2. The van der Waals surface area contributed by atoms with Crippen molar-refractivity contribution in [1.82, 2.24) is 4.98 Å². The first-order chi connectivity index (χ1) is 8.97. The molecule has 0 amide bonds. The molecule has 0 radical (unpaired) electrons. The van der Waals surface area contributed by atoms with Gasteiger partial charge in [0.25, 0.3) is 0 Å². The first kappa shape index (κ1) is 13.3. The third-order valence-electron chi connectivity index (χ3n) is 3.00. The highest BCUT2D eigenvalue weighted by atomic mass is 19.1. The molecule has 5 heteroatoms. The number of halogens is 1. The van der Waals surface area contributed by atoms with E-state index < -0.39 is 11.8 Å². The molecule has 4 nitrogen and oxygen atoms in total. The largest absolute Gasteiger partial charge is 0.481 e. The summed E-state index contributed by atoms with van der Waals surface area (Å²) in [6.45, 7) is 1.71. The molecule has 0 bridgehead atoms. The number of carboxylic acids is 1. The van der Waals surface area contributed by atoms with Crippen LogP contribution in [0.25, 0.3) is 10.9 Å². The van der Waals surface area contributed by atoms with Gasteiger partial charge in [-0.1, -0.05) is 6.92 Å². The Bertz CT molecular complexity index is 633. The highest BCUT2D eigenvalue weighted by Crippen LogP contribution is 2.22. The highest BCUT2D eigenvalue weighted by Gasteiger charge is 2.17. The van der Waals surface area contributed by atoms with Gasteiger partial charge in [0.2, 0.25) is 0 Å². The van der Waals surface area contributed by atoms with Gasteiger partial charge < -0.3 is 10.1 Å². The molecule has 2 N–H and O–H groups in total. The van der Waals surface area contributed by atoms with Crippen molar-refractivity contribution in [3.8, 4) is 0 Å². The Morgan fingerprint density at radius 2 is 2.11 bits per heavy atom. The summed E-state index contributed by atoms with van der Waals surface area (Å²) >= 11 is 0. The second-order valence-corrected chi connectivity index (χ2v) is 4.72. The van der Waals surface area contributed by atoms with Crippen molar-refractivity contribution in [3.63, 3.8) is 0 Å². The van der Waals surface area contributed by atoms with E-state index in [2.05, 4.69) is 4.98 Å². The number of fused-ring (bicyclic) bond motifs is 1. The van der Waals surface area contributed by atoms with Crippen molar-refractivity contribution >= 4 is 22.7 Å². The van der Waals surface area contributed by atoms with Crippen molar-refractivity contribution in [1.29, 1.82) is 0 Å². The summed E-state index contributed by atoms with van der Waals surface area (Å²) < 4.78 is 13.2. The third kappa shape index (κ3) is 2.99. The molecule has 0 aliphatic rings. The SMILES string of the molecule is CC(CC(=O)O)CC(=O)c1c[nH]c2ccc(F)cc12. The molecular formula is C14H14FNO3. The van der Waals surface area contributed by atoms with E-state index in [4.69, 9.17) is 5.11 Å². The zero-order valence-corrected chi connectivity index (χ0v) is 10.4. The summed E-state index contributed by atoms with van der Waals surface area (Å²) in [4.78, 5) is 25.6. The molecular weight excluding hydrogens is 249 g/mol. The number of carbonyl (C=O) groups is 2. The van der Waals surface area contributed by atoms with Gasteiger partial charge >= 0.3 is 5.97 Å². The number of Topliss-reactive ketones (excluding diaryl/α,β-unsaturated/α-hetero) is 1. The summed E-state index contributed by atoms with van der Waals surface area (Å²) in [6.07, 6.45) is 1.62. The molecule has 0 aliphatic heterocycles. The Hall–Kier alpha value is -2.17. The van der Waals surface area contributed by atoms with E-state index in [1.165, 1.54) is 12.1 Å². The van der Waals surface area contributed by atoms with Crippen LogP contribution in [0.2, 0.25) is 0 Å². The van der Waals surface area contributed by atoms with Gasteiger partial charge in [-0.3, -0.25) is 9.59 Å². The van der Waals surface area contributed by atoms with E-state index in [0.717, 1.165) is 0 Å². The van der Waals surface area contributed by atoms with Gasteiger partial charge in [0.1, 0.15) is 5.82 Å². The second-order valence-electron chi connectivity index (χ2n) is 4.72. The summed E-state index contributed by atoms with van der Waals surface area (Å²) in [5, 5.41) is 9.20. The number of hydrogen-bond acceptors (Lipinski definition) is 2. The molecule has 1 aromatic carbocycles. The molecule has 0 aliphatic carbocycles. The van der Waals surface area contributed by atoms with Crippen LogP contribution in [0.15, 0.2) is 24.4 Å². The maximum atomic E-state index is 13.2. The molecule has 0 spiro atoms. The van der Waals surface area contributed by atoms with Crippen molar-refractivity contribution in [3.05, 3.63) is 35.8 Å². The van der Waals surface area contributed by atoms with Crippen molar-refractivity contribution in [2.24, 2.45) is 5.92 Å². The summed E-state index contributed by atoms with van der Waals surface area (Å²) in [5.41, 5.74) is 1.10. The zero-order chi connectivity index (χ0) is 14.0. The lowest BCUT2D eigenvalue weighted by Crippen LogP contribution is -2.10. The molecule has 1 heterocycles. The Labute approximate surface area is 109 Å². The van der Waals surface area contributed by atoms with Crippen molar-refractivity contribution < 1.29 is 19.1 Å². The fourth-order valence-corrected chi connectivity index (χ4v) is 2.12. The number of benzene rings is 1. The lowest BCUT2D eigenvalue weighted by Gasteiger charge is -2.06. The number of carbonyl (C=O) groups excluding carboxylic acids is 1. The minimum Gasteiger partial charge on any atom is -0.481 e. The van der Waals surface area contributed by atoms with Crippen LogP contribution in [0.4, 0.5) is 4.39 Å². The number of aliphatic carboxylic acids is 1. The van der Waals surface area contributed by atoms with Crippen LogP contribution in [0, 0.1) is 11.7 Å². The fraction of sp³-hybridized carbons (Fsp3) is 0.286. The molecule has 1 aromatic heterocycles. The maximum Gasteiger partial charge on any atom is 0.303 e. The van der Waals surface area contributed by atoms with E-state index in [-0.39, 0.29) is 24.5 Å². The predicted molar refractivity (Wildman–Crippen MR) is 68.6 cm³/mol. The summed E-state index contributed by atoms with van der Waals surface area (Å²) in [5.74, 6) is -1.75. The zero-order valence-electron chi connectivity index (χ0n) is 10.4. The Morgan fingerprint density at radius 3 is 2.79 bits per heavy atom. The van der Waals surface area contributed by atoms with E-state index in [1.807, 2.05) is 0 Å². The van der Waals surface area contributed by atoms with Gasteiger partial charge in [0.15, 0.2) is 5.78 Å². The lowest BCUT2D eigenvalue weighted by molar-refractivity contribution is -0.137. The van der Waals surface area contributed by atoms with E-state index in [0.29, 0.717) is 16.5 Å². The number of rotatable bonds is 5. The van der Waals surface area contributed by atoms with Crippen LogP contribution >= 0.6 is 0 Å². The highest BCUT2D eigenvalue weighted by molar-refractivity contribution is 6.07. The number of nitrogens with one attached hydrogen (secondary N) is 1.